The van der Waals surface area contributed by atoms with Gasteiger partial charge in [0.2, 0.25) is 5.75 Å². The van der Waals surface area contributed by atoms with Crippen molar-refractivity contribution in [2.24, 2.45) is 0 Å². The number of ether oxygens (including phenoxy) is 4. The van der Waals surface area contributed by atoms with Gasteiger partial charge in [0, 0.05) is 11.1 Å². The molecule has 2 aromatic carbocycles. The van der Waals surface area contributed by atoms with Gasteiger partial charge in [-0.3, -0.25) is 20.4 Å². The van der Waals surface area contributed by atoms with Crippen molar-refractivity contribution in [3.05, 3.63) is 47.5 Å². The Morgan fingerprint density at radius 2 is 1.29 bits per heavy atom. The van der Waals surface area contributed by atoms with E-state index in [-0.39, 0.29) is 16.9 Å². The van der Waals surface area contributed by atoms with Gasteiger partial charge in [-0.1, -0.05) is 0 Å². The molecular weight excluding hydrogens is 414 g/mol. The van der Waals surface area contributed by atoms with Gasteiger partial charge in [-0.2, -0.15) is 8.78 Å². The molecular formula is C21H24F2N2O6. The van der Waals surface area contributed by atoms with Crippen molar-refractivity contribution in [1.29, 1.82) is 0 Å². The number of hydrogen-bond donors (Lipinski definition) is 2. The molecule has 0 radical (unpaired) electrons. The molecule has 0 bridgehead atoms. The van der Waals surface area contributed by atoms with E-state index in [4.69, 9.17) is 14.2 Å². The highest BCUT2D eigenvalue weighted by atomic mass is 19.3. The molecule has 0 saturated heterocycles. The smallest absolute Gasteiger partial charge is 0.387 e. The highest BCUT2D eigenvalue weighted by Crippen LogP contribution is 2.39. The van der Waals surface area contributed by atoms with E-state index in [0.717, 1.165) is 0 Å². The van der Waals surface area contributed by atoms with Crippen molar-refractivity contribution < 1.29 is 37.3 Å². The number of hydrogen-bond acceptors (Lipinski definition) is 6. The molecule has 2 rings (SSSR count). The van der Waals surface area contributed by atoms with Gasteiger partial charge in [0.05, 0.1) is 19.8 Å². The average Bonchev–Trinajstić information content (AvgIpc) is 2.74. The standard InChI is InChI=1S/C21H24F2N2O6/c1-4-28-16-11-14(12-17(29-5-2)18(16)30-6-3)20(27)25-24-19(26)13-7-9-15(10-8-13)31-21(22)23/h7-12,21H,4-6H2,1-3H3,(H,24,26)(H,25,27). The molecule has 0 unspecified atom stereocenters. The third-order valence-corrected chi connectivity index (χ3v) is 3.80. The third kappa shape index (κ3) is 6.73. The van der Waals surface area contributed by atoms with Gasteiger partial charge in [0.15, 0.2) is 11.5 Å². The first kappa shape index (κ1) is 23.7. The van der Waals surface area contributed by atoms with Crippen LogP contribution in [-0.2, 0) is 0 Å². The van der Waals surface area contributed by atoms with E-state index >= 15 is 0 Å². The minimum absolute atomic E-state index is 0.0862. The lowest BCUT2D eigenvalue weighted by atomic mass is 10.1. The van der Waals surface area contributed by atoms with E-state index in [9.17, 15) is 18.4 Å². The summed E-state index contributed by atoms with van der Waals surface area (Å²) in [6.45, 7) is 3.51. The van der Waals surface area contributed by atoms with Crippen LogP contribution in [0.2, 0.25) is 0 Å². The van der Waals surface area contributed by atoms with Crippen LogP contribution in [0.5, 0.6) is 23.0 Å². The molecule has 2 aromatic rings. The molecule has 0 aromatic heterocycles. The Labute approximate surface area is 178 Å². The van der Waals surface area contributed by atoms with Gasteiger partial charge >= 0.3 is 6.61 Å². The summed E-state index contributed by atoms with van der Waals surface area (Å²) in [5.74, 6) is -0.286. The number of carbonyl (C=O) groups is 2. The third-order valence-electron chi connectivity index (χ3n) is 3.80. The van der Waals surface area contributed by atoms with Crippen molar-refractivity contribution in [2.75, 3.05) is 19.8 Å². The SMILES string of the molecule is CCOc1cc(C(=O)NNC(=O)c2ccc(OC(F)F)cc2)cc(OCC)c1OCC. The Morgan fingerprint density at radius 1 is 0.806 bits per heavy atom. The fourth-order valence-electron chi connectivity index (χ4n) is 2.57. The van der Waals surface area contributed by atoms with Crippen LogP contribution in [0.4, 0.5) is 8.78 Å². The first-order valence-corrected chi connectivity index (χ1v) is 9.61. The summed E-state index contributed by atoms with van der Waals surface area (Å²) < 4.78 is 45.3. The lowest BCUT2D eigenvalue weighted by Crippen LogP contribution is -2.41. The number of amides is 2. The second-order valence-electron chi connectivity index (χ2n) is 5.91. The van der Waals surface area contributed by atoms with E-state index in [1.54, 1.807) is 13.8 Å². The molecule has 168 valence electrons. The van der Waals surface area contributed by atoms with E-state index in [0.29, 0.717) is 37.1 Å². The van der Waals surface area contributed by atoms with E-state index in [2.05, 4.69) is 15.6 Å². The Bertz CT molecular complexity index is 863. The van der Waals surface area contributed by atoms with Gasteiger partial charge in [0.1, 0.15) is 5.75 Å². The summed E-state index contributed by atoms with van der Waals surface area (Å²) in [4.78, 5) is 24.8. The lowest BCUT2D eigenvalue weighted by molar-refractivity contribution is -0.0498. The molecule has 0 fully saturated rings. The Balaban J connectivity index is 2.12. The van der Waals surface area contributed by atoms with Gasteiger partial charge < -0.3 is 18.9 Å². The van der Waals surface area contributed by atoms with Crippen LogP contribution in [0.3, 0.4) is 0 Å². The summed E-state index contributed by atoms with van der Waals surface area (Å²) in [7, 11) is 0. The zero-order valence-corrected chi connectivity index (χ0v) is 17.4. The summed E-state index contributed by atoms with van der Waals surface area (Å²) in [6.07, 6.45) is 0. The minimum Gasteiger partial charge on any atom is -0.490 e. The molecule has 10 heteroatoms. The molecule has 0 spiro atoms. The number of hydrazine groups is 1. The van der Waals surface area contributed by atoms with Crippen molar-refractivity contribution in [3.8, 4) is 23.0 Å². The number of benzene rings is 2. The summed E-state index contributed by atoms with van der Waals surface area (Å²) in [5.41, 5.74) is 4.87. The number of halogens is 2. The molecule has 0 aliphatic rings. The van der Waals surface area contributed by atoms with Crippen LogP contribution in [0.25, 0.3) is 0 Å². The van der Waals surface area contributed by atoms with E-state index in [1.807, 2.05) is 6.92 Å². The first-order valence-electron chi connectivity index (χ1n) is 9.61. The second-order valence-corrected chi connectivity index (χ2v) is 5.91. The van der Waals surface area contributed by atoms with Gasteiger partial charge in [0.25, 0.3) is 11.8 Å². The number of rotatable bonds is 10. The largest absolute Gasteiger partial charge is 0.490 e. The number of carbonyl (C=O) groups excluding carboxylic acids is 2. The van der Waals surface area contributed by atoms with Crippen LogP contribution in [-0.4, -0.2) is 38.2 Å². The Morgan fingerprint density at radius 3 is 1.74 bits per heavy atom. The summed E-state index contributed by atoms with van der Waals surface area (Å²) in [6, 6.07) is 7.98. The molecule has 0 saturated carbocycles. The molecule has 2 amide bonds. The lowest BCUT2D eigenvalue weighted by Gasteiger charge is -2.17. The van der Waals surface area contributed by atoms with Crippen LogP contribution in [0.15, 0.2) is 36.4 Å². The Kier molecular flexibility index (Phi) is 8.86. The highest BCUT2D eigenvalue weighted by molar-refractivity contribution is 5.99. The number of nitrogens with one attached hydrogen (secondary N) is 2. The fraction of sp³-hybridized carbons (Fsp3) is 0.333. The van der Waals surface area contributed by atoms with Crippen LogP contribution < -0.4 is 29.8 Å². The maximum Gasteiger partial charge on any atom is 0.387 e. The van der Waals surface area contributed by atoms with Crippen molar-refractivity contribution in [3.63, 3.8) is 0 Å². The predicted octanol–water partition coefficient (Wildman–Crippen LogP) is 3.56. The van der Waals surface area contributed by atoms with Gasteiger partial charge in [-0.15, -0.1) is 0 Å². The van der Waals surface area contributed by atoms with Gasteiger partial charge in [-0.25, -0.2) is 0 Å². The molecule has 0 aliphatic heterocycles. The highest BCUT2D eigenvalue weighted by Gasteiger charge is 2.19. The zero-order chi connectivity index (χ0) is 22.8. The van der Waals surface area contributed by atoms with E-state index < -0.39 is 18.4 Å². The fourth-order valence-corrected chi connectivity index (χ4v) is 2.57. The monoisotopic (exact) mass is 438 g/mol. The maximum absolute atomic E-state index is 12.6. The van der Waals surface area contributed by atoms with Crippen molar-refractivity contribution in [1.82, 2.24) is 10.9 Å². The van der Waals surface area contributed by atoms with Gasteiger partial charge in [-0.05, 0) is 57.2 Å². The molecule has 8 nitrogen and oxygen atoms in total. The molecule has 31 heavy (non-hydrogen) atoms. The molecule has 0 aliphatic carbocycles. The Hall–Kier alpha value is -3.56. The van der Waals surface area contributed by atoms with Crippen LogP contribution in [0.1, 0.15) is 41.5 Å². The normalized spacial score (nSPS) is 10.4. The average molecular weight is 438 g/mol. The zero-order valence-electron chi connectivity index (χ0n) is 17.4. The molecule has 0 atom stereocenters. The molecule has 2 N–H and O–H groups in total. The van der Waals surface area contributed by atoms with Crippen LogP contribution >= 0.6 is 0 Å². The maximum atomic E-state index is 12.6. The predicted molar refractivity (Wildman–Crippen MR) is 108 cm³/mol. The van der Waals surface area contributed by atoms with Crippen LogP contribution in [0, 0.1) is 0 Å². The molecule has 0 heterocycles. The van der Waals surface area contributed by atoms with Crippen molar-refractivity contribution >= 4 is 11.8 Å². The topological polar surface area (TPSA) is 95.1 Å². The summed E-state index contributed by atoms with van der Waals surface area (Å²) in [5, 5.41) is 0. The van der Waals surface area contributed by atoms with E-state index in [1.165, 1.54) is 36.4 Å². The quantitative estimate of drug-likeness (QED) is 0.551. The second kappa shape index (κ2) is 11.6. The first-order chi connectivity index (χ1) is 14.9. The number of alkyl halides is 2. The summed E-state index contributed by atoms with van der Waals surface area (Å²) >= 11 is 0. The minimum atomic E-state index is -2.96. The van der Waals surface area contributed by atoms with Crippen molar-refractivity contribution in [2.45, 2.75) is 27.4 Å².